The van der Waals surface area contributed by atoms with Gasteiger partial charge in [-0.3, -0.25) is 9.80 Å². The Morgan fingerprint density at radius 1 is 0.826 bits per heavy atom. The summed E-state index contributed by atoms with van der Waals surface area (Å²) in [5, 5.41) is 0. The highest BCUT2D eigenvalue weighted by atomic mass is 15.3. The molecule has 23 heavy (non-hydrogen) atoms. The Labute approximate surface area is 145 Å². The molecule has 0 spiro atoms. The molecule has 2 saturated heterocycles. The predicted molar refractivity (Wildman–Crippen MR) is 101 cm³/mol. The van der Waals surface area contributed by atoms with Crippen molar-refractivity contribution in [1.82, 2.24) is 14.7 Å². The van der Waals surface area contributed by atoms with Crippen molar-refractivity contribution in [3.8, 4) is 0 Å². The van der Waals surface area contributed by atoms with Crippen molar-refractivity contribution in [2.75, 3.05) is 32.7 Å². The van der Waals surface area contributed by atoms with E-state index in [0.717, 1.165) is 6.04 Å². The van der Waals surface area contributed by atoms with Gasteiger partial charge in [0.1, 0.15) is 0 Å². The van der Waals surface area contributed by atoms with Gasteiger partial charge in [-0.2, -0.15) is 0 Å². The molecule has 2 fully saturated rings. The molecule has 0 saturated carbocycles. The predicted octanol–water partition coefficient (Wildman–Crippen LogP) is 3.69. The number of piperazine rings is 1. The molecule has 0 N–H and O–H groups in total. The first kappa shape index (κ1) is 19.2. The van der Waals surface area contributed by atoms with Gasteiger partial charge in [0.2, 0.25) is 0 Å². The lowest BCUT2D eigenvalue weighted by Crippen LogP contribution is -2.64. The summed E-state index contributed by atoms with van der Waals surface area (Å²) in [7, 11) is 0. The molecule has 2 heterocycles. The van der Waals surface area contributed by atoms with Gasteiger partial charge < -0.3 is 4.90 Å². The van der Waals surface area contributed by atoms with E-state index in [1.807, 2.05) is 0 Å². The van der Waals surface area contributed by atoms with Gasteiger partial charge in [-0.25, -0.2) is 0 Å². The van der Waals surface area contributed by atoms with Crippen molar-refractivity contribution < 1.29 is 0 Å². The third-order valence-corrected chi connectivity index (χ3v) is 5.49. The Bertz CT molecular complexity index is 359. The van der Waals surface area contributed by atoms with Gasteiger partial charge in [-0.1, -0.05) is 20.8 Å². The van der Waals surface area contributed by atoms with Gasteiger partial charge >= 0.3 is 0 Å². The second-order valence-electron chi connectivity index (χ2n) is 10.3. The van der Waals surface area contributed by atoms with Crippen molar-refractivity contribution >= 4 is 0 Å². The lowest BCUT2D eigenvalue weighted by molar-refractivity contribution is -0.0454. The molecule has 0 aromatic heterocycles. The van der Waals surface area contributed by atoms with Crippen LogP contribution in [0.15, 0.2) is 0 Å². The zero-order chi connectivity index (χ0) is 17.4. The molecule has 3 nitrogen and oxygen atoms in total. The molecule has 2 aliphatic heterocycles. The Morgan fingerprint density at radius 2 is 1.30 bits per heavy atom. The zero-order valence-corrected chi connectivity index (χ0v) is 17.0. The van der Waals surface area contributed by atoms with E-state index in [2.05, 4.69) is 70.1 Å². The summed E-state index contributed by atoms with van der Waals surface area (Å²) in [6.07, 6.45) is 2.70. The van der Waals surface area contributed by atoms with Crippen LogP contribution >= 0.6 is 0 Å². The highest BCUT2D eigenvalue weighted by Crippen LogP contribution is 2.29. The molecule has 0 radical (unpaired) electrons. The van der Waals surface area contributed by atoms with Crippen LogP contribution in [-0.2, 0) is 0 Å². The van der Waals surface area contributed by atoms with Gasteiger partial charge in [0, 0.05) is 43.3 Å². The molecule has 0 aliphatic carbocycles. The molecule has 0 aromatic rings. The molecule has 0 bridgehead atoms. The van der Waals surface area contributed by atoms with Gasteiger partial charge in [0.05, 0.1) is 0 Å². The van der Waals surface area contributed by atoms with E-state index < -0.39 is 0 Å². The van der Waals surface area contributed by atoms with Crippen LogP contribution in [0.4, 0.5) is 0 Å². The monoisotopic (exact) mass is 323 g/mol. The minimum atomic E-state index is 0.279. The average Bonchev–Trinajstić information content (AvgIpc) is 2.34. The van der Waals surface area contributed by atoms with Crippen molar-refractivity contribution in [3.05, 3.63) is 0 Å². The molecule has 0 amide bonds. The summed E-state index contributed by atoms with van der Waals surface area (Å²) in [6.45, 7) is 25.3. The van der Waals surface area contributed by atoms with Crippen LogP contribution in [0.1, 0.15) is 68.2 Å². The van der Waals surface area contributed by atoms with E-state index in [4.69, 9.17) is 0 Å². The van der Waals surface area contributed by atoms with Crippen LogP contribution in [0.3, 0.4) is 0 Å². The molecular formula is C20H41N3. The van der Waals surface area contributed by atoms with Gasteiger partial charge in [0.25, 0.3) is 0 Å². The SMILES string of the molecule is CC1CN(C2CCN(CC(C)(C)C)CC2)CC(C)N1C(C)(C)C. The van der Waals surface area contributed by atoms with Crippen molar-refractivity contribution in [2.45, 2.75) is 91.9 Å². The normalized spacial score (nSPS) is 30.8. The minimum absolute atomic E-state index is 0.279. The van der Waals surface area contributed by atoms with E-state index in [9.17, 15) is 0 Å². The Kier molecular flexibility index (Phi) is 5.86. The van der Waals surface area contributed by atoms with E-state index >= 15 is 0 Å². The largest absolute Gasteiger partial charge is 0.303 e. The first-order valence-electron chi connectivity index (χ1n) is 9.72. The summed E-state index contributed by atoms with van der Waals surface area (Å²) in [5.74, 6) is 0. The standard InChI is InChI=1S/C20H41N3/c1-16-13-22(14-17(2)23(16)20(6,7)8)18-9-11-21(12-10-18)15-19(3,4)5/h16-18H,9-15H2,1-8H3. The van der Waals surface area contributed by atoms with Gasteiger partial charge in [-0.05, 0) is 66.0 Å². The van der Waals surface area contributed by atoms with Crippen molar-refractivity contribution in [1.29, 1.82) is 0 Å². The van der Waals surface area contributed by atoms with E-state index in [0.29, 0.717) is 17.5 Å². The van der Waals surface area contributed by atoms with Crippen LogP contribution in [0.2, 0.25) is 0 Å². The average molecular weight is 324 g/mol. The number of hydrogen-bond acceptors (Lipinski definition) is 3. The van der Waals surface area contributed by atoms with E-state index in [1.165, 1.54) is 45.6 Å². The lowest BCUT2D eigenvalue weighted by Gasteiger charge is -2.53. The fourth-order valence-corrected chi connectivity index (χ4v) is 5.10. The first-order valence-corrected chi connectivity index (χ1v) is 9.72. The topological polar surface area (TPSA) is 9.72 Å². The molecule has 0 aromatic carbocycles. The Morgan fingerprint density at radius 3 is 1.70 bits per heavy atom. The molecule has 136 valence electrons. The van der Waals surface area contributed by atoms with Crippen LogP contribution in [-0.4, -0.2) is 71.1 Å². The molecule has 2 atom stereocenters. The second-order valence-corrected chi connectivity index (χ2v) is 10.3. The molecule has 3 heteroatoms. The van der Waals surface area contributed by atoms with Crippen LogP contribution in [0, 0.1) is 5.41 Å². The van der Waals surface area contributed by atoms with Crippen LogP contribution in [0.25, 0.3) is 0 Å². The summed E-state index contributed by atoms with van der Waals surface area (Å²) in [6, 6.07) is 2.12. The van der Waals surface area contributed by atoms with Crippen molar-refractivity contribution in [3.63, 3.8) is 0 Å². The summed E-state index contributed by atoms with van der Waals surface area (Å²) >= 11 is 0. The van der Waals surface area contributed by atoms with E-state index in [1.54, 1.807) is 0 Å². The minimum Gasteiger partial charge on any atom is -0.303 e. The number of likely N-dealkylation sites (tertiary alicyclic amines) is 1. The first-order chi connectivity index (χ1) is 10.5. The lowest BCUT2D eigenvalue weighted by atomic mass is 9.92. The number of hydrogen-bond donors (Lipinski definition) is 0. The maximum atomic E-state index is 2.80. The quantitative estimate of drug-likeness (QED) is 0.767. The maximum absolute atomic E-state index is 2.80. The fourth-order valence-electron chi connectivity index (χ4n) is 5.10. The molecule has 2 aliphatic rings. The van der Waals surface area contributed by atoms with Crippen LogP contribution < -0.4 is 0 Å². The third-order valence-electron chi connectivity index (χ3n) is 5.49. The third kappa shape index (κ3) is 5.17. The van der Waals surface area contributed by atoms with E-state index in [-0.39, 0.29) is 5.54 Å². The molecule has 2 rings (SSSR count). The number of rotatable bonds is 2. The Balaban J connectivity index is 1.88. The second kappa shape index (κ2) is 7.01. The van der Waals surface area contributed by atoms with Gasteiger partial charge in [0.15, 0.2) is 0 Å². The summed E-state index contributed by atoms with van der Waals surface area (Å²) in [5.41, 5.74) is 0.704. The maximum Gasteiger partial charge on any atom is 0.0203 e. The molecule has 2 unspecified atom stereocenters. The zero-order valence-electron chi connectivity index (χ0n) is 17.0. The highest BCUT2D eigenvalue weighted by Gasteiger charge is 2.38. The smallest absolute Gasteiger partial charge is 0.0203 e. The number of nitrogens with zero attached hydrogens (tertiary/aromatic N) is 3. The van der Waals surface area contributed by atoms with Gasteiger partial charge in [-0.15, -0.1) is 0 Å². The fraction of sp³-hybridized carbons (Fsp3) is 1.00. The highest BCUT2D eigenvalue weighted by molar-refractivity contribution is 4.94. The van der Waals surface area contributed by atoms with Crippen LogP contribution in [0.5, 0.6) is 0 Å². The summed E-state index contributed by atoms with van der Waals surface area (Å²) in [4.78, 5) is 8.19. The van der Waals surface area contributed by atoms with Crippen molar-refractivity contribution in [2.24, 2.45) is 5.41 Å². The number of piperidine rings is 1. The molecular weight excluding hydrogens is 282 g/mol. The Hall–Kier alpha value is -0.120. The summed E-state index contributed by atoms with van der Waals surface area (Å²) < 4.78 is 0.